The van der Waals surface area contributed by atoms with Gasteiger partial charge < -0.3 is 0 Å². The van der Waals surface area contributed by atoms with Crippen LogP contribution >= 0.6 is 27.7 Å². The van der Waals surface area contributed by atoms with Crippen molar-refractivity contribution < 1.29 is 13.2 Å². The Morgan fingerprint density at radius 3 is 2.41 bits per heavy atom. The van der Waals surface area contributed by atoms with E-state index in [4.69, 9.17) is 0 Å². The van der Waals surface area contributed by atoms with Crippen LogP contribution in [-0.2, 0) is 12.8 Å². The van der Waals surface area contributed by atoms with Crippen molar-refractivity contribution in [1.82, 2.24) is 0 Å². The fourth-order valence-corrected chi connectivity index (χ4v) is 2.77. The van der Waals surface area contributed by atoms with Crippen LogP contribution in [0.5, 0.6) is 0 Å². The van der Waals surface area contributed by atoms with Gasteiger partial charge in [-0.1, -0.05) is 41.1 Å². The molecule has 5 heteroatoms. The molecule has 0 N–H and O–H groups in total. The molecular weight excluding hydrogens is 313 g/mol. The first-order valence-corrected chi connectivity index (χ1v) is 7.34. The highest BCUT2D eigenvalue weighted by Gasteiger charge is 2.31. The maximum Gasteiger partial charge on any atom is 0.446 e. The highest BCUT2D eigenvalue weighted by atomic mass is 79.9. The molecule has 0 nitrogen and oxygen atoms in total. The second-order valence-electron chi connectivity index (χ2n) is 3.60. The molecule has 1 aromatic rings. The maximum atomic E-state index is 12.5. The third kappa shape index (κ3) is 4.92. The molecule has 0 fully saturated rings. The summed E-state index contributed by atoms with van der Waals surface area (Å²) >= 11 is 3.31. The largest absolute Gasteiger partial charge is 0.446 e. The predicted molar refractivity (Wildman–Crippen MR) is 69.8 cm³/mol. The molecule has 0 radical (unpaired) electrons. The minimum Gasteiger partial charge on any atom is -0.160 e. The van der Waals surface area contributed by atoms with Gasteiger partial charge in [-0.05, 0) is 42.2 Å². The normalized spacial score (nSPS) is 11.8. The Hall–Kier alpha value is -0.160. The number of rotatable bonds is 5. The maximum absolute atomic E-state index is 12.5. The van der Waals surface area contributed by atoms with Gasteiger partial charge in [0.15, 0.2) is 0 Å². The fourth-order valence-electron chi connectivity index (χ4n) is 1.62. The average Bonchev–Trinajstić information content (AvgIpc) is 2.25. The minimum atomic E-state index is -4.21. The standard InChI is InChI=1S/C12H14BrF3S/c1-2-9-5-3-6-10(7-4-8-13)11(9)17-12(14,15)16/h3,5-6H,2,4,7-8H2,1H3. The monoisotopic (exact) mass is 326 g/mol. The van der Waals surface area contributed by atoms with Crippen molar-refractivity contribution in [1.29, 1.82) is 0 Å². The molecule has 0 saturated heterocycles. The van der Waals surface area contributed by atoms with Gasteiger partial charge in [0.2, 0.25) is 0 Å². The van der Waals surface area contributed by atoms with Crippen LogP contribution in [0, 0.1) is 0 Å². The number of alkyl halides is 4. The van der Waals surface area contributed by atoms with Crippen LogP contribution in [0.4, 0.5) is 13.2 Å². The van der Waals surface area contributed by atoms with Gasteiger partial charge in [-0.2, -0.15) is 13.2 Å². The third-order valence-electron chi connectivity index (χ3n) is 2.36. The number of halogens is 4. The number of hydrogen-bond donors (Lipinski definition) is 0. The lowest BCUT2D eigenvalue weighted by atomic mass is 10.1. The summed E-state index contributed by atoms with van der Waals surface area (Å²) in [4.78, 5) is 0.392. The molecule has 0 bridgehead atoms. The van der Waals surface area contributed by atoms with E-state index in [1.807, 2.05) is 13.0 Å². The number of hydrogen-bond acceptors (Lipinski definition) is 1. The van der Waals surface area contributed by atoms with Gasteiger partial charge >= 0.3 is 5.51 Å². The molecule has 0 amide bonds. The minimum absolute atomic E-state index is 0.0137. The summed E-state index contributed by atoms with van der Waals surface area (Å²) in [6.45, 7) is 1.88. The lowest BCUT2D eigenvalue weighted by Crippen LogP contribution is -2.04. The van der Waals surface area contributed by atoms with Crippen molar-refractivity contribution in [3.05, 3.63) is 29.3 Å². The van der Waals surface area contributed by atoms with E-state index in [0.29, 0.717) is 17.7 Å². The summed E-state index contributed by atoms with van der Waals surface area (Å²) < 4.78 is 37.5. The lowest BCUT2D eigenvalue weighted by molar-refractivity contribution is -0.0328. The number of aryl methyl sites for hydroxylation is 2. The van der Waals surface area contributed by atoms with Gasteiger partial charge in [0.1, 0.15) is 0 Å². The molecule has 17 heavy (non-hydrogen) atoms. The van der Waals surface area contributed by atoms with Crippen LogP contribution in [0.15, 0.2) is 23.1 Å². The van der Waals surface area contributed by atoms with Gasteiger partial charge in [-0.15, -0.1) is 0 Å². The molecule has 0 heterocycles. The van der Waals surface area contributed by atoms with Crippen molar-refractivity contribution in [2.45, 2.75) is 36.6 Å². The first-order chi connectivity index (χ1) is 7.98. The predicted octanol–water partition coefficient (Wildman–Crippen LogP) is 5.19. The Bertz CT molecular complexity index is 363. The van der Waals surface area contributed by atoms with Crippen LogP contribution in [0.2, 0.25) is 0 Å². The van der Waals surface area contributed by atoms with E-state index < -0.39 is 5.51 Å². The Kier molecular flexibility index (Phi) is 5.86. The Morgan fingerprint density at radius 2 is 1.88 bits per heavy atom. The fraction of sp³-hybridized carbons (Fsp3) is 0.500. The summed E-state index contributed by atoms with van der Waals surface area (Å²) in [6.07, 6.45) is 2.15. The third-order valence-corrected chi connectivity index (χ3v) is 3.88. The van der Waals surface area contributed by atoms with Crippen LogP contribution in [0.3, 0.4) is 0 Å². The summed E-state index contributed by atoms with van der Waals surface area (Å²) in [7, 11) is 0. The van der Waals surface area contributed by atoms with E-state index in [1.165, 1.54) is 0 Å². The van der Waals surface area contributed by atoms with Crippen LogP contribution < -0.4 is 0 Å². The van der Waals surface area contributed by atoms with E-state index >= 15 is 0 Å². The SMILES string of the molecule is CCc1cccc(CCCBr)c1SC(F)(F)F. The number of benzene rings is 1. The van der Waals surface area contributed by atoms with Gasteiger partial charge in [0.25, 0.3) is 0 Å². The zero-order chi connectivity index (χ0) is 12.9. The van der Waals surface area contributed by atoms with E-state index in [9.17, 15) is 13.2 Å². The molecule has 0 aliphatic rings. The van der Waals surface area contributed by atoms with Gasteiger partial charge in [-0.25, -0.2) is 0 Å². The molecule has 0 unspecified atom stereocenters. The van der Waals surface area contributed by atoms with Gasteiger partial charge in [0, 0.05) is 10.2 Å². The Morgan fingerprint density at radius 1 is 1.24 bits per heavy atom. The first-order valence-electron chi connectivity index (χ1n) is 5.40. The van der Waals surface area contributed by atoms with Crippen molar-refractivity contribution in [3.63, 3.8) is 0 Å². The Labute approximate surface area is 112 Å². The van der Waals surface area contributed by atoms with Crippen LogP contribution in [-0.4, -0.2) is 10.8 Å². The molecule has 96 valence electrons. The summed E-state index contributed by atoms with van der Waals surface area (Å²) in [5, 5.41) is 0.805. The molecule has 0 saturated carbocycles. The molecule has 0 aliphatic carbocycles. The van der Waals surface area contributed by atoms with E-state index in [1.54, 1.807) is 12.1 Å². The summed E-state index contributed by atoms with van der Waals surface area (Å²) in [5.74, 6) is 0. The van der Waals surface area contributed by atoms with E-state index in [-0.39, 0.29) is 11.8 Å². The topological polar surface area (TPSA) is 0 Å². The van der Waals surface area contributed by atoms with E-state index in [2.05, 4.69) is 15.9 Å². The summed E-state index contributed by atoms with van der Waals surface area (Å²) in [6, 6.07) is 5.39. The second kappa shape index (κ2) is 6.69. The van der Waals surface area contributed by atoms with E-state index in [0.717, 1.165) is 22.9 Å². The zero-order valence-electron chi connectivity index (χ0n) is 9.48. The van der Waals surface area contributed by atoms with Gasteiger partial charge in [0.05, 0.1) is 0 Å². The van der Waals surface area contributed by atoms with Crippen molar-refractivity contribution in [2.75, 3.05) is 5.33 Å². The average molecular weight is 327 g/mol. The molecule has 0 atom stereocenters. The Balaban J connectivity index is 3.02. The quantitative estimate of drug-likeness (QED) is 0.530. The van der Waals surface area contributed by atoms with Crippen molar-refractivity contribution >= 4 is 27.7 Å². The smallest absolute Gasteiger partial charge is 0.160 e. The molecule has 0 aromatic heterocycles. The zero-order valence-corrected chi connectivity index (χ0v) is 11.9. The molecule has 0 aliphatic heterocycles. The van der Waals surface area contributed by atoms with Crippen molar-refractivity contribution in [2.24, 2.45) is 0 Å². The highest BCUT2D eigenvalue weighted by Crippen LogP contribution is 2.40. The first kappa shape index (κ1) is 14.9. The van der Waals surface area contributed by atoms with Crippen LogP contribution in [0.1, 0.15) is 24.5 Å². The number of thioether (sulfide) groups is 1. The summed E-state index contributed by atoms with van der Waals surface area (Å²) in [5.41, 5.74) is -2.64. The van der Waals surface area contributed by atoms with Crippen LogP contribution in [0.25, 0.3) is 0 Å². The second-order valence-corrected chi connectivity index (χ2v) is 5.47. The molecule has 1 aromatic carbocycles. The molecule has 1 rings (SSSR count). The van der Waals surface area contributed by atoms with Gasteiger partial charge in [-0.3, -0.25) is 0 Å². The molecule has 0 spiro atoms. The molecular formula is C12H14BrF3S. The lowest BCUT2D eigenvalue weighted by Gasteiger charge is -2.14. The van der Waals surface area contributed by atoms with Crippen molar-refractivity contribution in [3.8, 4) is 0 Å². The highest BCUT2D eigenvalue weighted by molar-refractivity contribution is 9.09.